The highest BCUT2D eigenvalue weighted by Crippen LogP contribution is 2.55. The first-order valence-electron chi connectivity index (χ1n) is 7.64. The minimum atomic E-state index is -0.528. The van der Waals surface area contributed by atoms with Crippen LogP contribution in [0.2, 0.25) is 0 Å². The molecule has 3 N–H and O–H groups in total. The van der Waals surface area contributed by atoms with Crippen LogP contribution >= 0.6 is 22.6 Å². The normalized spacial score (nSPS) is 32.6. The second kappa shape index (κ2) is 5.38. The van der Waals surface area contributed by atoms with Crippen LogP contribution in [0.3, 0.4) is 0 Å². The zero-order valence-corrected chi connectivity index (χ0v) is 14.8. The second-order valence-electron chi connectivity index (χ2n) is 6.28. The number of aromatic nitrogens is 4. The van der Waals surface area contributed by atoms with E-state index in [-0.39, 0.29) is 18.6 Å². The van der Waals surface area contributed by atoms with Crippen molar-refractivity contribution >= 4 is 39.6 Å². The van der Waals surface area contributed by atoms with Crippen molar-refractivity contribution in [2.45, 2.75) is 25.0 Å². The van der Waals surface area contributed by atoms with Crippen LogP contribution in [-0.4, -0.2) is 49.5 Å². The van der Waals surface area contributed by atoms with Gasteiger partial charge in [-0.2, -0.15) is 0 Å². The molecule has 122 valence electrons. The molecule has 0 bridgehead atoms. The molecule has 8 heteroatoms. The summed E-state index contributed by atoms with van der Waals surface area (Å²) in [5.74, 6) is 0.789. The number of aliphatic hydroxyl groups is 2. The SMILES string of the molecule is CNc1nc(I)nc2c1ncn2[C@H]1C[C@H](O)[C@]2(CO)CC=C[C@H]12. The lowest BCUT2D eigenvalue weighted by Gasteiger charge is -2.31. The Balaban J connectivity index is 1.84. The Morgan fingerprint density at radius 2 is 2.30 bits per heavy atom. The predicted octanol–water partition coefficient (Wildman–Crippen LogP) is 1.33. The maximum absolute atomic E-state index is 10.6. The summed E-state index contributed by atoms with van der Waals surface area (Å²) in [5, 5.41) is 23.5. The molecule has 2 aliphatic rings. The summed E-state index contributed by atoms with van der Waals surface area (Å²) in [4.78, 5) is 13.4. The average molecular weight is 427 g/mol. The van der Waals surface area contributed by atoms with Crippen molar-refractivity contribution in [2.24, 2.45) is 11.3 Å². The summed E-state index contributed by atoms with van der Waals surface area (Å²) >= 11 is 2.09. The lowest BCUT2D eigenvalue weighted by atomic mass is 9.78. The van der Waals surface area contributed by atoms with Gasteiger partial charge in [-0.15, -0.1) is 0 Å². The summed E-state index contributed by atoms with van der Waals surface area (Å²) < 4.78 is 2.68. The zero-order valence-electron chi connectivity index (χ0n) is 12.6. The minimum Gasteiger partial charge on any atom is -0.396 e. The van der Waals surface area contributed by atoms with E-state index in [1.807, 2.05) is 11.6 Å². The van der Waals surface area contributed by atoms with Crippen LogP contribution in [0.1, 0.15) is 18.9 Å². The Morgan fingerprint density at radius 1 is 1.48 bits per heavy atom. The van der Waals surface area contributed by atoms with E-state index in [0.29, 0.717) is 22.5 Å². The van der Waals surface area contributed by atoms with Crippen LogP contribution in [0.25, 0.3) is 11.2 Å². The summed E-state index contributed by atoms with van der Waals surface area (Å²) in [6, 6.07) is 0.0382. The molecule has 0 saturated heterocycles. The highest BCUT2D eigenvalue weighted by molar-refractivity contribution is 14.1. The summed E-state index contributed by atoms with van der Waals surface area (Å²) in [7, 11) is 1.81. The lowest BCUT2D eigenvalue weighted by molar-refractivity contribution is -0.00288. The van der Waals surface area contributed by atoms with Crippen molar-refractivity contribution in [3.8, 4) is 0 Å². The Kier molecular flexibility index (Phi) is 3.58. The number of hydrogen-bond acceptors (Lipinski definition) is 6. The minimum absolute atomic E-state index is 0.0107. The highest BCUT2D eigenvalue weighted by atomic mass is 127. The largest absolute Gasteiger partial charge is 0.396 e. The quantitative estimate of drug-likeness (QED) is 0.389. The van der Waals surface area contributed by atoms with Gasteiger partial charge in [-0.05, 0) is 12.8 Å². The third-order valence-electron chi connectivity index (χ3n) is 5.33. The molecule has 0 unspecified atom stereocenters. The van der Waals surface area contributed by atoms with E-state index in [1.54, 1.807) is 6.33 Å². The van der Waals surface area contributed by atoms with Gasteiger partial charge in [-0.3, -0.25) is 0 Å². The molecular weight excluding hydrogens is 409 g/mol. The number of rotatable bonds is 3. The smallest absolute Gasteiger partial charge is 0.194 e. The average Bonchev–Trinajstić information content (AvgIpc) is 3.21. The monoisotopic (exact) mass is 427 g/mol. The van der Waals surface area contributed by atoms with Crippen molar-refractivity contribution in [2.75, 3.05) is 19.0 Å². The van der Waals surface area contributed by atoms with Gasteiger partial charge in [0.2, 0.25) is 0 Å². The number of anilines is 1. The molecule has 2 aromatic heterocycles. The van der Waals surface area contributed by atoms with Crippen molar-refractivity contribution in [3.05, 3.63) is 22.3 Å². The van der Waals surface area contributed by atoms with Gasteiger partial charge in [0.15, 0.2) is 20.8 Å². The van der Waals surface area contributed by atoms with Gasteiger partial charge in [0.05, 0.1) is 19.0 Å². The zero-order chi connectivity index (χ0) is 16.2. The van der Waals surface area contributed by atoms with Gasteiger partial charge < -0.3 is 20.1 Å². The highest BCUT2D eigenvalue weighted by Gasteiger charge is 2.55. The topological polar surface area (TPSA) is 96.1 Å². The predicted molar refractivity (Wildman–Crippen MR) is 94.0 cm³/mol. The Morgan fingerprint density at radius 3 is 3.04 bits per heavy atom. The summed E-state index contributed by atoms with van der Waals surface area (Å²) in [6.45, 7) is -0.0107. The molecule has 4 rings (SSSR count). The fourth-order valence-electron chi connectivity index (χ4n) is 4.11. The molecule has 0 radical (unpaired) electrons. The first-order valence-corrected chi connectivity index (χ1v) is 8.72. The molecule has 2 heterocycles. The van der Waals surface area contributed by atoms with E-state index in [9.17, 15) is 10.2 Å². The molecule has 0 spiro atoms. The van der Waals surface area contributed by atoms with Crippen LogP contribution in [0.5, 0.6) is 0 Å². The van der Waals surface area contributed by atoms with Crippen molar-refractivity contribution in [1.82, 2.24) is 19.5 Å². The molecule has 1 fully saturated rings. The van der Waals surface area contributed by atoms with Crippen LogP contribution in [0.15, 0.2) is 18.5 Å². The van der Waals surface area contributed by atoms with E-state index in [2.05, 4.69) is 55.0 Å². The van der Waals surface area contributed by atoms with Gasteiger partial charge in [0, 0.05) is 47.0 Å². The number of nitrogens with zero attached hydrogens (tertiary/aromatic N) is 4. The Hall–Kier alpha value is -1.26. The molecule has 0 amide bonds. The maximum Gasteiger partial charge on any atom is 0.194 e. The first-order chi connectivity index (χ1) is 11.1. The molecule has 7 nitrogen and oxygen atoms in total. The summed E-state index contributed by atoms with van der Waals surface area (Å²) in [6.07, 6.45) is 6.73. The van der Waals surface area contributed by atoms with E-state index in [0.717, 1.165) is 11.2 Å². The van der Waals surface area contributed by atoms with Gasteiger partial charge in [-0.1, -0.05) is 12.2 Å². The maximum atomic E-state index is 10.6. The Bertz CT molecular complexity index is 792. The fraction of sp³-hybridized carbons (Fsp3) is 0.533. The molecule has 0 aliphatic heterocycles. The van der Waals surface area contributed by atoms with Gasteiger partial charge >= 0.3 is 0 Å². The van der Waals surface area contributed by atoms with Gasteiger partial charge in [0.1, 0.15) is 0 Å². The number of fused-ring (bicyclic) bond motifs is 2. The van der Waals surface area contributed by atoms with Crippen LogP contribution < -0.4 is 5.32 Å². The van der Waals surface area contributed by atoms with E-state index >= 15 is 0 Å². The number of hydrogen-bond donors (Lipinski definition) is 3. The molecule has 2 aliphatic carbocycles. The molecule has 2 aromatic rings. The van der Waals surface area contributed by atoms with E-state index < -0.39 is 11.5 Å². The lowest BCUT2D eigenvalue weighted by Crippen LogP contribution is -2.36. The summed E-state index contributed by atoms with van der Waals surface area (Å²) in [5.41, 5.74) is 1.03. The second-order valence-corrected chi connectivity index (χ2v) is 7.25. The van der Waals surface area contributed by atoms with Crippen molar-refractivity contribution < 1.29 is 10.2 Å². The van der Waals surface area contributed by atoms with E-state index in [4.69, 9.17) is 0 Å². The number of allylic oxidation sites excluding steroid dienone is 2. The number of halogens is 1. The van der Waals surface area contributed by atoms with Crippen LogP contribution in [0.4, 0.5) is 5.82 Å². The number of aliphatic hydroxyl groups excluding tert-OH is 2. The van der Waals surface area contributed by atoms with Gasteiger partial charge in [-0.25, -0.2) is 15.0 Å². The van der Waals surface area contributed by atoms with Gasteiger partial charge in [0.25, 0.3) is 0 Å². The van der Waals surface area contributed by atoms with Crippen molar-refractivity contribution in [3.63, 3.8) is 0 Å². The molecule has 1 saturated carbocycles. The first kappa shape index (κ1) is 15.3. The van der Waals surface area contributed by atoms with Crippen molar-refractivity contribution in [1.29, 1.82) is 0 Å². The molecule has 0 aromatic carbocycles. The third kappa shape index (κ3) is 2.04. The molecule has 4 atom stereocenters. The van der Waals surface area contributed by atoms with E-state index in [1.165, 1.54) is 0 Å². The number of imidazole rings is 1. The standard InChI is InChI=1S/C15H18IN5O2/c1-17-12-11-13(20-14(16)19-12)21(7-18-11)9-5-10(23)15(6-22)4-2-3-8(9)15/h2-3,7-10,22-23H,4-6H2,1H3,(H,17,19,20)/t8-,9+,10+,15+/m1/s1. The van der Waals surface area contributed by atoms with Crippen LogP contribution in [-0.2, 0) is 0 Å². The fourth-order valence-corrected chi connectivity index (χ4v) is 4.58. The number of nitrogens with one attached hydrogen (secondary N) is 1. The molecular formula is C15H18IN5O2. The molecule has 23 heavy (non-hydrogen) atoms. The van der Waals surface area contributed by atoms with Crippen LogP contribution in [0, 0.1) is 15.2 Å². The Labute approximate surface area is 147 Å². The third-order valence-corrected chi connectivity index (χ3v) is 5.81.